The molecule has 20 heavy (non-hydrogen) atoms. The third-order valence-electron chi connectivity index (χ3n) is 3.87. The zero-order valence-corrected chi connectivity index (χ0v) is 15.0. The largest absolute Gasteiger partial charge is 0.415 e. The van der Waals surface area contributed by atoms with Crippen LogP contribution < -0.4 is 0 Å². The Morgan fingerprint density at radius 1 is 1.30 bits per heavy atom. The normalized spacial score (nSPS) is 11.9. The maximum Gasteiger partial charge on any atom is 0.353 e. The fourth-order valence-corrected chi connectivity index (χ4v) is 2.52. The van der Waals surface area contributed by atoms with E-state index in [2.05, 4.69) is 38.7 Å². The highest BCUT2D eigenvalue weighted by Gasteiger charge is 2.37. The number of hydrogen-bond donors (Lipinski definition) is 0. The van der Waals surface area contributed by atoms with Crippen molar-refractivity contribution in [3.63, 3.8) is 0 Å². The van der Waals surface area contributed by atoms with Crippen molar-refractivity contribution in [1.82, 2.24) is 4.90 Å². The summed E-state index contributed by atoms with van der Waals surface area (Å²) >= 11 is 0. The number of rotatable bonds is 7. The Labute approximate surface area is 124 Å². The minimum atomic E-state index is -1.78. The lowest BCUT2D eigenvalue weighted by Crippen LogP contribution is -2.44. The van der Waals surface area contributed by atoms with Crippen molar-refractivity contribution in [2.75, 3.05) is 19.7 Å². The molecule has 6 heteroatoms. The predicted octanol–water partition coefficient (Wildman–Crippen LogP) is 2.94. The van der Waals surface area contributed by atoms with Gasteiger partial charge in [0, 0.05) is 20.0 Å². The van der Waals surface area contributed by atoms with E-state index in [1.807, 2.05) is 6.92 Å². The van der Waals surface area contributed by atoms with Gasteiger partial charge in [0.25, 0.3) is 0 Å². The second-order valence-corrected chi connectivity index (χ2v) is 11.4. The Morgan fingerprint density at radius 2 is 1.85 bits per heavy atom. The van der Waals surface area contributed by atoms with Gasteiger partial charge in [-0.25, -0.2) is 0 Å². The Hall–Kier alpha value is -0.973. The summed E-state index contributed by atoms with van der Waals surface area (Å²) in [5, 5.41) is 0.162. The molecule has 5 nitrogen and oxygen atoms in total. The average Bonchev–Trinajstić information content (AvgIpc) is 2.34. The Balaban J connectivity index is 4.59. The summed E-state index contributed by atoms with van der Waals surface area (Å²) in [4.78, 5) is 16.7. The second-order valence-electron chi connectivity index (χ2n) is 6.59. The van der Waals surface area contributed by atoms with Crippen molar-refractivity contribution in [3.05, 3.63) is 5.53 Å². The highest BCUT2D eigenvalue weighted by molar-refractivity contribution is 6.74. The van der Waals surface area contributed by atoms with Gasteiger partial charge >= 0.3 is 11.6 Å². The van der Waals surface area contributed by atoms with Crippen LogP contribution in [0.3, 0.4) is 0 Å². The molecular formula is C14H29N3O2Si. The molecule has 0 atom stereocenters. The zero-order chi connectivity index (χ0) is 16.0. The minimum Gasteiger partial charge on any atom is -0.415 e. The van der Waals surface area contributed by atoms with Gasteiger partial charge in [0.05, 0.1) is 6.61 Å². The molecular weight excluding hydrogens is 270 g/mol. The fraction of sp³-hybridized carbons (Fsp3) is 0.857. The van der Waals surface area contributed by atoms with Crippen molar-refractivity contribution < 1.29 is 14.0 Å². The minimum absolute atomic E-state index is 0.116. The van der Waals surface area contributed by atoms with Gasteiger partial charge in [0.15, 0.2) is 8.32 Å². The van der Waals surface area contributed by atoms with Gasteiger partial charge in [0.2, 0.25) is 0 Å². The smallest absolute Gasteiger partial charge is 0.353 e. The van der Waals surface area contributed by atoms with Gasteiger partial charge in [-0.05, 0) is 24.6 Å². The number of carbonyl (C=O) groups is 1. The molecule has 0 unspecified atom stereocenters. The first-order chi connectivity index (χ1) is 9.06. The molecule has 0 bridgehead atoms. The molecule has 0 aromatic rings. The van der Waals surface area contributed by atoms with Crippen LogP contribution in [0.15, 0.2) is 0 Å². The molecule has 0 rings (SSSR count). The summed E-state index contributed by atoms with van der Waals surface area (Å²) < 4.78 is 6.08. The molecule has 116 valence electrons. The zero-order valence-electron chi connectivity index (χ0n) is 14.0. The molecule has 0 saturated heterocycles. The van der Waals surface area contributed by atoms with Gasteiger partial charge in [-0.1, -0.05) is 27.7 Å². The van der Waals surface area contributed by atoms with Crippen molar-refractivity contribution >= 4 is 19.9 Å². The van der Waals surface area contributed by atoms with Crippen LogP contribution in [-0.2, 0) is 9.22 Å². The molecule has 0 aromatic heterocycles. The third-order valence-corrected chi connectivity index (χ3v) is 8.41. The van der Waals surface area contributed by atoms with Crippen LogP contribution >= 0.6 is 0 Å². The number of nitrogens with zero attached hydrogens (tertiary/aromatic N) is 3. The maximum atomic E-state index is 12.0. The van der Waals surface area contributed by atoms with E-state index in [0.717, 1.165) is 6.42 Å². The molecule has 0 radical (unpaired) electrons. The lowest BCUT2D eigenvalue weighted by atomic mass is 10.2. The van der Waals surface area contributed by atoms with Gasteiger partial charge in [-0.2, -0.15) is 4.79 Å². The molecule has 0 aliphatic heterocycles. The first-order valence-electron chi connectivity index (χ1n) is 7.18. The Kier molecular flexibility index (Phi) is 7.34. The van der Waals surface area contributed by atoms with Crippen LogP contribution in [0, 0.1) is 0 Å². The van der Waals surface area contributed by atoms with Crippen LogP contribution in [0.25, 0.3) is 5.53 Å². The van der Waals surface area contributed by atoms with Crippen LogP contribution in [0.1, 0.15) is 41.0 Å². The summed E-state index contributed by atoms with van der Waals surface area (Å²) in [7, 11) is -1.78. The molecule has 0 N–H and O–H groups in total. The monoisotopic (exact) mass is 299 g/mol. The standard InChI is InChI=1S/C14H29N3O2Si/c1-8-9-17(13(18)12(2)16-15)10-11-19-20(6,7)14(3,4)5/h8-11H2,1-7H3. The number of carbonyl (C=O) groups excluding carboxylic acids is 1. The maximum absolute atomic E-state index is 12.0. The van der Waals surface area contributed by atoms with E-state index < -0.39 is 8.32 Å². The topological polar surface area (TPSA) is 65.9 Å². The lowest BCUT2D eigenvalue weighted by molar-refractivity contribution is -0.129. The van der Waals surface area contributed by atoms with E-state index >= 15 is 0 Å². The van der Waals surface area contributed by atoms with Gasteiger partial charge in [-0.3, -0.25) is 4.79 Å². The average molecular weight is 299 g/mol. The highest BCUT2D eigenvalue weighted by Crippen LogP contribution is 2.36. The van der Waals surface area contributed by atoms with E-state index in [1.54, 1.807) is 4.90 Å². The van der Waals surface area contributed by atoms with E-state index in [1.165, 1.54) is 6.92 Å². The van der Waals surface area contributed by atoms with Gasteiger partial charge in [-0.15, -0.1) is 0 Å². The van der Waals surface area contributed by atoms with E-state index in [4.69, 9.17) is 9.96 Å². The van der Waals surface area contributed by atoms with E-state index in [-0.39, 0.29) is 16.7 Å². The Morgan fingerprint density at radius 3 is 2.25 bits per heavy atom. The van der Waals surface area contributed by atoms with Gasteiger partial charge in [0.1, 0.15) is 0 Å². The van der Waals surface area contributed by atoms with Crippen molar-refractivity contribution in [1.29, 1.82) is 0 Å². The molecule has 1 amide bonds. The van der Waals surface area contributed by atoms with Crippen LogP contribution in [0.5, 0.6) is 0 Å². The predicted molar refractivity (Wildman–Crippen MR) is 84.3 cm³/mol. The number of hydrogen-bond acceptors (Lipinski definition) is 2. The van der Waals surface area contributed by atoms with Crippen LogP contribution in [0.4, 0.5) is 0 Å². The van der Waals surface area contributed by atoms with E-state index in [9.17, 15) is 4.79 Å². The third kappa shape index (κ3) is 5.57. The van der Waals surface area contributed by atoms with Crippen LogP contribution in [-0.4, -0.2) is 49.3 Å². The quantitative estimate of drug-likeness (QED) is 0.314. The highest BCUT2D eigenvalue weighted by atomic mass is 28.4. The molecule has 0 aromatic carbocycles. The SMILES string of the molecule is CCCN(CCO[Si](C)(C)C(C)(C)C)C(=O)C(C)=[N+]=[N-]. The molecule has 0 aliphatic rings. The molecule has 0 heterocycles. The van der Waals surface area contributed by atoms with Crippen molar-refractivity contribution in [3.8, 4) is 0 Å². The summed E-state index contributed by atoms with van der Waals surface area (Å²) in [6, 6.07) is 0. The Bertz CT molecular complexity index is 382. The first kappa shape index (κ1) is 19.0. The van der Waals surface area contributed by atoms with E-state index in [0.29, 0.717) is 19.7 Å². The lowest BCUT2D eigenvalue weighted by Gasteiger charge is -2.36. The fourth-order valence-electron chi connectivity index (χ4n) is 1.48. The summed E-state index contributed by atoms with van der Waals surface area (Å²) in [6.07, 6.45) is 0.866. The molecule has 0 fully saturated rings. The molecule has 0 spiro atoms. The first-order valence-corrected chi connectivity index (χ1v) is 10.1. The van der Waals surface area contributed by atoms with Crippen molar-refractivity contribution in [2.45, 2.75) is 59.2 Å². The van der Waals surface area contributed by atoms with Crippen LogP contribution in [0.2, 0.25) is 18.1 Å². The van der Waals surface area contributed by atoms with Crippen molar-refractivity contribution in [2.24, 2.45) is 0 Å². The molecule has 0 saturated carbocycles. The molecule has 0 aliphatic carbocycles. The summed E-state index contributed by atoms with van der Waals surface area (Å²) in [6.45, 7) is 16.2. The number of amides is 1. The summed E-state index contributed by atoms with van der Waals surface area (Å²) in [5.41, 5.74) is 8.82. The van der Waals surface area contributed by atoms with Gasteiger partial charge < -0.3 is 14.9 Å². The summed E-state index contributed by atoms with van der Waals surface area (Å²) in [5.74, 6) is -0.229. The second kappa shape index (κ2) is 7.72.